The third-order valence-electron chi connectivity index (χ3n) is 4.54. The number of benzene rings is 2. The molecule has 0 bridgehead atoms. The lowest BCUT2D eigenvalue weighted by Gasteiger charge is -2.38. The van der Waals surface area contributed by atoms with E-state index in [4.69, 9.17) is 0 Å². The molecule has 1 saturated carbocycles. The summed E-state index contributed by atoms with van der Waals surface area (Å²) in [6.07, 6.45) is 2.38. The second kappa shape index (κ2) is 5.98. The number of hydrogen-bond donors (Lipinski definition) is 1. The van der Waals surface area contributed by atoms with Crippen molar-refractivity contribution in [2.24, 2.45) is 0 Å². The van der Waals surface area contributed by atoms with Gasteiger partial charge in [0.2, 0.25) is 0 Å². The fourth-order valence-electron chi connectivity index (χ4n) is 3.07. The highest BCUT2D eigenvalue weighted by atomic mass is 19.1. The van der Waals surface area contributed by atoms with Crippen LogP contribution in [0, 0.1) is 12.7 Å². The zero-order chi connectivity index (χ0) is 14.8. The van der Waals surface area contributed by atoms with Crippen LogP contribution >= 0.6 is 0 Å². The maximum Gasteiger partial charge on any atom is 0.123 e. The van der Waals surface area contributed by atoms with Crippen molar-refractivity contribution in [2.45, 2.75) is 44.7 Å². The minimum atomic E-state index is -0.172. The lowest BCUT2D eigenvalue weighted by atomic mass is 9.75. The Labute approximate surface area is 126 Å². The summed E-state index contributed by atoms with van der Waals surface area (Å²) in [6, 6.07) is 16.5. The van der Waals surface area contributed by atoms with E-state index in [0.717, 1.165) is 5.56 Å². The van der Waals surface area contributed by atoms with Crippen molar-refractivity contribution in [3.05, 3.63) is 71.0 Å². The summed E-state index contributed by atoms with van der Waals surface area (Å²) in [5, 5.41) is 3.64. The predicted octanol–water partition coefficient (Wildman–Crippen LogP) is 4.73. The molecule has 1 atom stereocenters. The van der Waals surface area contributed by atoms with Crippen molar-refractivity contribution < 1.29 is 4.39 Å². The molecule has 0 heterocycles. The molecule has 0 radical (unpaired) electrons. The van der Waals surface area contributed by atoms with Gasteiger partial charge in [-0.2, -0.15) is 0 Å². The first kappa shape index (κ1) is 14.3. The zero-order valence-electron chi connectivity index (χ0n) is 12.6. The van der Waals surface area contributed by atoms with Crippen LogP contribution in [0.15, 0.2) is 48.5 Å². The van der Waals surface area contributed by atoms with Crippen LogP contribution < -0.4 is 5.32 Å². The molecule has 1 N–H and O–H groups in total. The number of aryl methyl sites for hydroxylation is 1. The van der Waals surface area contributed by atoms with Crippen molar-refractivity contribution >= 4 is 0 Å². The molecule has 2 heteroatoms. The Morgan fingerprint density at radius 3 is 2.24 bits per heavy atom. The summed E-state index contributed by atoms with van der Waals surface area (Å²) < 4.78 is 12.9. The van der Waals surface area contributed by atoms with Crippen molar-refractivity contribution in [1.29, 1.82) is 0 Å². The summed E-state index contributed by atoms with van der Waals surface area (Å²) in [7, 11) is 0. The molecule has 110 valence electrons. The van der Waals surface area contributed by atoms with Crippen LogP contribution in [-0.2, 0) is 0 Å². The normalized spacial score (nSPS) is 22.6. The minimum Gasteiger partial charge on any atom is -0.307 e. The van der Waals surface area contributed by atoms with Crippen LogP contribution in [0.4, 0.5) is 4.39 Å². The number of nitrogens with one attached hydrogen (secondary N) is 1. The SMILES string of the molecule is Cc1ccc(C2CC(NC(C)c3ccc(F)cc3)C2)cc1. The van der Waals surface area contributed by atoms with E-state index in [9.17, 15) is 4.39 Å². The van der Waals surface area contributed by atoms with E-state index < -0.39 is 0 Å². The van der Waals surface area contributed by atoms with Crippen molar-refractivity contribution in [1.82, 2.24) is 5.32 Å². The first-order valence-corrected chi connectivity index (χ1v) is 7.70. The molecule has 0 amide bonds. The molecule has 1 unspecified atom stereocenters. The molecule has 0 aromatic heterocycles. The fourth-order valence-corrected chi connectivity index (χ4v) is 3.07. The zero-order valence-corrected chi connectivity index (χ0v) is 12.6. The molecule has 1 nitrogen and oxygen atoms in total. The lowest BCUT2D eigenvalue weighted by molar-refractivity contribution is 0.271. The number of halogens is 1. The standard InChI is InChI=1S/C19H22FN/c1-13-3-5-16(6-4-13)17-11-19(12-17)21-14(2)15-7-9-18(20)10-8-15/h3-10,14,17,19,21H,11-12H2,1-2H3. The maximum atomic E-state index is 12.9. The van der Waals surface area contributed by atoms with Crippen LogP contribution in [0.5, 0.6) is 0 Å². The van der Waals surface area contributed by atoms with Gasteiger partial charge in [0.05, 0.1) is 0 Å². The van der Waals surface area contributed by atoms with E-state index in [1.165, 1.54) is 36.1 Å². The van der Waals surface area contributed by atoms with E-state index in [-0.39, 0.29) is 11.9 Å². The number of rotatable bonds is 4. The van der Waals surface area contributed by atoms with Gasteiger partial charge >= 0.3 is 0 Å². The summed E-state index contributed by atoms with van der Waals surface area (Å²) in [4.78, 5) is 0. The van der Waals surface area contributed by atoms with Crippen LogP contribution in [-0.4, -0.2) is 6.04 Å². The van der Waals surface area contributed by atoms with Gasteiger partial charge in [-0.3, -0.25) is 0 Å². The highest BCUT2D eigenvalue weighted by Crippen LogP contribution is 2.37. The Kier molecular flexibility index (Phi) is 4.07. The Hall–Kier alpha value is -1.67. The van der Waals surface area contributed by atoms with E-state index in [0.29, 0.717) is 12.0 Å². The summed E-state index contributed by atoms with van der Waals surface area (Å²) >= 11 is 0. The monoisotopic (exact) mass is 283 g/mol. The summed E-state index contributed by atoms with van der Waals surface area (Å²) in [5.74, 6) is 0.512. The lowest BCUT2D eigenvalue weighted by Crippen LogP contribution is -2.41. The van der Waals surface area contributed by atoms with Crippen LogP contribution in [0.2, 0.25) is 0 Å². The van der Waals surface area contributed by atoms with Gasteiger partial charge in [0.25, 0.3) is 0 Å². The van der Waals surface area contributed by atoms with Gasteiger partial charge in [-0.25, -0.2) is 4.39 Å². The molecule has 0 aliphatic heterocycles. The largest absolute Gasteiger partial charge is 0.307 e. The van der Waals surface area contributed by atoms with Gasteiger partial charge in [-0.15, -0.1) is 0 Å². The third-order valence-corrected chi connectivity index (χ3v) is 4.54. The molecule has 1 fully saturated rings. The second-order valence-corrected chi connectivity index (χ2v) is 6.22. The highest BCUT2D eigenvalue weighted by Gasteiger charge is 2.30. The smallest absolute Gasteiger partial charge is 0.123 e. The third kappa shape index (κ3) is 3.33. The minimum absolute atomic E-state index is 0.172. The van der Waals surface area contributed by atoms with Crippen molar-refractivity contribution in [3.8, 4) is 0 Å². The Morgan fingerprint density at radius 1 is 1.00 bits per heavy atom. The Morgan fingerprint density at radius 2 is 1.62 bits per heavy atom. The van der Waals surface area contributed by atoms with Crippen LogP contribution in [0.1, 0.15) is 48.4 Å². The molecule has 21 heavy (non-hydrogen) atoms. The van der Waals surface area contributed by atoms with Gasteiger partial charge in [0, 0.05) is 12.1 Å². The topological polar surface area (TPSA) is 12.0 Å². The molecular weight excluding hydrogens is 261 g/mol. The van der Waals surface area contributed by atoms with Gasteiger partial charge in [-0.1, -0.05) is 42.0 Å². The predicted molar refractivity (Wildman–Crippen MR) is 84.9 cm³/mol. The molecule has 1 aliphatic carbocycles. The Bertz CT molecular complexity index is 582. The quantitative estimate of drug-likeness (QED) is 0.855. The van der Waals surface area contributed by atoms with Crippen LogP contribution in [0.25, 0.3) is 0 Å². The molecular formula is C19H22FN. The molecule has 2 aromatic carbocycles. The van der Waals surface area contributed by atoms with Crippen molar-refractivity contribution in [2.75, 3.05) is 0 Å². The van der Waals surface area contributed by atoms with E-state index in [1.54, 1.807) is 0 Å². The second-order valence-electron chi connectivity index (χ2n) is 6.22. The van der Waals surface area contributed by atoms with E-state index in [1.807, 2.05) is 12.1 Å². The van der Waals surface area contributed by atoms with Crippen molar-refractivity contribution in [3.63, 3.8) is 0 Å². The van der Waals surface area contributed by atoms with Gasteiger partial charge in [-0.05, 0) is 55.9 Å². The summed E-state index contributed by atoms with van der Waals surface area (Å²) in [5.41, 5.74) is 3.92. The van der Waals surface area contributed by atoms with Gasteiger partial charge < -0.3 is 5.32 Å². The fraction of sp³-hybridized carbons (Fsp3) is 0.368. The number of hydrogen-bond acceptors (Lipinski definition) is 1. The maximum absolute atomic E-state index is 12.9. The van der Waals surface area contributed by atoms with Gasteiger partial charge in [0.15, 0.2) is 0 Å². The Balaban J connectivity index is 1.52. The summed E-state index contributed by atoms with van der Waals surface area (Å²) in [6.45, 7) is 4.27. The highest BCUT2D eigenvalue weighted by molar-refractivity contribution is 5.27. The molecule has 0 saturated heterocycles. The average molecular weight is 283 g/mol. The molecule has 1 aliphatic rings. The van der Waals surface area contributed by atoms with E-state index >= 15 is 0 Å². The first-order chi connectivity index (χ1) is 10.1. The molecule has 3 rings (SSSR count). The van der Waals surface area contributed by atoms with E-state index in [2.05, 4.69) is 43.4 Å². The van der Waals surface area contributed by atoms with Crippen LogP contribution in [0.3, 0.4) is 0 Å². The average Bonchev–Trinajstić information content (AvgIpc) is 2.44. The van der Waals surface area contributed by atoms with Gasteiger partial charge in [0.1, 0.15) is 5.82 Å². The first-order valence-electron chi connectivity index (χ1n) is 7.70. The molecule has 0 spiro atoms. The molecule has 2 aromatic rings.